The Balaban J connectivity index is 2.06. The number of benzene rings is 1. The zero-order valence-electron chi connectivity index (χ0n) is 13.6. The lowest BCUT2D eigenvalue weighted by atomic mass is 9.86. The van der Waals surface area contributed by atoms with Crippen molar-refractivity contribution in [3.8, 4) is 0 Å². The molecule has 1 aliphatic rings. The van der Waals surface area contributed by atoms with Crippen LogP contribution in [0.5, 0.6) is 0 Å². The molecule has 0 saturated heterocycles. The lowest BCUT2D eigenvalue weighted by Gasteiger charge is -2.36. The van der Waals surface area contributed by atoms with Gasteiger partial charge in [0, 0.05) is 25.3 Å². The Morgan fingerprint density at radius 1 is 1.30 bits per heavy atom. The Bertz CT molecular complexity index is 427. The molecule has 1 saturated carbocycles. The van der Waals surface area contributed by atoms with Gasteiger partial charge >= 0.3 is 0 Å². The zero-order chi connectivity index (χ0) is 14.5. The predicted octanol–water partition coefficient (Wildman–Crippen LogP) is 4.12. The van der Waals surface area contributed by atoms with Gasteiger partial charge in [0.1, 0.15) is 0 Å². The summed E-state index contributed by atoms with van der Waals surface area (Å²) in [6, 6.07) is 7.65. The minimum atomic E-state index is 0.720. The summed E-state index contributed by atoms with van der Waals surface area (Å²) in [5.74, 6) is 0.880. The van der Waals surface area contributed by atoms with Crippen molar-refractivity contribution in [1.82, 2.24) is 5.32 Å². The smallest absolute Gasteiger partial charge is 0.0368 e. The average Bonchev–Trinajstić information content (AvgIpc) is 2.45. The SMILES string of the molecule is CCNCc1ccc(N(C)C2CCCC(C)C2)cc1C. The molecule has 112 valence electrons. The van der Waals surface area contributed by atoms with E-state index in [1.54, 1.807) is 0 Å². The summed E-state index contributed by atoms with van der Waals surface area (Å²) in [5.41, 5.74) is 4.20. The maximum Gasteiger partial charge on any atom is 0.0368 e. The second-order valence-electron chi connectivity index (χ2n) is 6.43. The first-order chi connectivity index (χ1) is 9.61. The van der Waals surface area contributed by atoms with Gasteiger partial charge in [-0.1, -0.05) is 32.8 Å². The fourth-order valence-corrected chi connectivity index (χ4v) is 3.32. The summed E-state index contributed by atoms with van der Waals surface area (Å²) in [4.78, 5) is 2.50. The summed E-state index contributed by atoms with van der Waals surface area (Å²) in [5, 5.41) is 3.41. The van der Waals surface area contributed by atoms with E-state index in [9.17, 15) is 0 Å². The normalized spacial score (nSPS) is 22.8. The average molecular weight is 274 g/mol. The number of hydrogen-bond donors (Lipinski definition) is 1. The highest BCUT2D eigenvalue weighted by molar-refractivity contribution is 5.51. The topological polar surface area (TPSA) is 15.3 Å². The fraction of sp³-hybridized carbons (Fsp3) is 0.667. The lowest BCUT2D eigenvalue weighted by molar-refractivity contribution is 0.336. The van der Waals surface area contributed by atoms with Gasteiger partial charge in [-0.15, -0.1) is 0 Å². The molecule has 1 aromatic carbocycles. The van der Waals surface area contributed by atoms with Crippen LogP contribution in [0.2, 0.25) is 0 Å². The Hall–Kier alpha value is -1.02. The first-order valence-corrected chi connectivity index (χ1v) is 8.15. The molecular formula is C18H30N2. The highest BCUT2D eigenvalue weighted by atomic mass is 15.1. The highest BCUT2D eigenvalue weighted by Crippen LogP contribution is 2.30. The van der Waals surface area contributed by atoms with Crippen LogP contribution >= 0.6 is 0 Å². The molecule has 1 fully saturated rings. The van der Waals surface area contributed by atoms with Crippen LogP contribution in [0, 0.1) is 12.8 Å². The zero-order valence-corrected chi connectivity index (χ0v) is 13.6. The van der Waals surface area contributed by atoms with E-state index in [0.29, 0.717) is 0 Å². The summed E-state index contributed by atoms with van der Waals surface area (Å²) in [7, 11) is 2.27. The second kappa shape index (κ2) is 7.12. The van der Waals surface area contributed by atoms with Gasteiger partial charge in [-0.25, -0.2) is 0 Å². The van der Waals surface area contributed by atoms with Gasteiger partial charge in [-0.2, -0.15) is 0 Å². The molecule has 0 heterocycles. The number of anilines is 1. The summed E-state index contributed by atoms with van der Waals surface area (Å²) in [6.07, 6.45) is 5.48. The van der Waals surface area contributed by atoms with Gasteiger partial charge in [0.25, 0.3) is 0 Å². The van der Waals surface area contributed by atoms with Crippen molar-refractivity contribution in [2.75, 3.05) is 18.5 Å². The number of nitrogens with one attached hydrogen (secondary N) is 1. The number of nitrogens with zero attached hydrogens (tertiary/aromatic N) is 1. The Labute approximate surface area is 124 Å². The van der Waals surface area contributed by atoms with Gasteiger partial charge < -0.3 is 10.2 Å². The number of aryl methyl sites for hydroxylation is 1. The minimum Gasteiger partial charge on any atom is -0.372 e. The summed E-state index contributed by atoms with van der Waals surface area (Å²) in [6.45, 7) is 8.79. The third-order valence-corrected chi connectivity index (χ3v) is 4.76. The second-order valence-corrected chi connectivity index (χ2v) is 6.43. The van der Waals surface area contributed by atoms with Gasteiger partial charge in [-0.3, -0.25) is 0 Å². The van der Waals surface area contributed by atoms with Crippen LogP contribution < -0.4 is 10.2 Å². The number of hydrogen-bond acceptors (Lipinski definition) is 2. The molecule has 2 nitrogen and oxygen atoms in total. The first-order valence-electron chi connectivity index (χ1n) is 8.15. The van der Waals surface area contributed by atoms with Gasteiger partial charge in [0.2, 0.25) is 0 Å². The summed E-state index contributed by atoms with van der Waals surface area (Å²) < 4.78 is 0. The van der Waals surface area contributed by atoms with Crippen molar-refractivity contribution in [2.45, 2.75) is 59.0 Å². The standard InChI is InChI=1S/C18H30N2/c1-5-19-13-16-9-10-18(12-15(16)3)20(4)17-8-6-7-14(2)11-17/h9-10,12,14,17,19H,5-8,11,13H2,1-4H3. The fourth-order valence-electron chi connectivity index (χ4n) is 3.32. The Kier molecular flexibility index (Phi) is 5.47. The molecule has 1 N–H and O–H groups in total. The molecule has 1 aliphatic carbocycles. The maximum absolute atomic E-state index is 3.41. The predicted molar refractivity (Wildman–Crippen MR) is 88.4 cm³/mol. The van der Waals surface area contributed by atoms with Gasteiger partial charge in [0.05, 0.1) is 0 Å². The largest absolute Gasteiger partial charge is 0.372 e. The van der Waals surface area contributed by atoms with E-state index in [1.165, 1.54) is 42.5 Å². The van der Waals surface area contributed by atoms with Crippen LogP contribution in [0.15, 0.2) is 18.2 Å². The third-order valence-electron chi connectivity index (χ3n) is 4.76. The van der Waals surface area contributed by atoms with Crippen LogP contribution in [-0.4, -0.2) is 19.6 Å². The van der Waals surface area contributed by atoms with E-state index in [0.717, 1.165) is 25.0 Å². The lowest BCUT2D eigenvalue weighted by Crippen LogP contribution is -2.35. The van der Waals surface area contributed by atoms with Crippen LogP contribution in [0.3, 0.4) is 0 Å². The van der Waals surface area contributed by atoms with E-state index >= 15 is 0 Å². The van der Waals surface area contributed by atoms with Crippen molar-refractivity contribution in [3.63, 3.8) is 0 Å². The molecule has 1 aromatic rings. The molecule has 2 atom stereocenters. The van der Waals surface area contributed by atoms with E-state index in [1.807, 2.05) is 0 Å². The highest BCUT2D eigenvalue weighted by Gasteiger charge is 2.22. The molecule has 2 heteroatoms. The molecule has 20 heavy (non-hydrogen) atoms. The van der Waals surface area contributed by atoms with Crippen molar-refractivity contribution in [3.05, 3.63) is 29.3 Å². The molecule has 0 aliphatic heterocycles. The molecule has 2 unspecified atom stereocenters. The molecule has 0 bridgehead atoms. The molecular weight excluding hydrogens is 244 g/mol. The van der Waals surface area contributed by atoms with Gasteiger partial charge in [0.15, 0.2) is 0 Å². The molecule has 0 aromatic heterocycles. The van der Waals surface area contributed by atoms with Crippen LogP contribution in [0.4, 0.5) is 5.69 Å². The maximum atomic E-state index is 3.41. The van der Waals surface area contributed by atoms with Crippen LogP contribution in [-0.2, 0) is 6.54 Å². The first kappa shape index (κ1) is 15.4. The van der Waals surface area contributed by atoms with Crippen molar-refractivity contribution >= 4 is 5.69 Å². The quantitative estimate of drug-likeness (QED) is 0.869. The van der Waals surface area contributed by atoms with Crippen molar-refractivity contribution in [2.24, 2.45) is 5.92 Å². The monoisotopic (exact) mass is 274 g/mol. The van der Waals surface area contributed by atoms with Crippen LogP contribution in [0.1, 0.15) is 50.7 Å². The molecule has 0 radical (unpaired) electrons. The van der Waals surface area contributed by atoms with Crippen molar-refractivity contribution in [1.29, 1.82) is 0 Å². The van der Waals surface area contributed by atoms with E-state index in [4.69, 9.17) is 0 Å². The minimum absolute atomic E-state index is 0.720. The van der Waals surface area contributed by atoms with Crippen molar-refractivity contribution < 1.29 is 0 Å². The van der Waals surface area contributed by atoms with E-state index in [2.05, 4.69) is 56.2 Å². The third kappa shape index (κ3) is 3.76. The van der Waals surface area contributed by atoms with Crippen LogP contribution in [0.25, 0.3) is 0 Å². The summed E-state index contributed by atoms with van der Waals surface area (Å²) >= 11 is 0. The Morgan fingerprint density at radius 2 is 2.10 bits per heavy atom. The Morgan fingerprint density at radius 3 is 2.75 bits per heavy atom. The van der Waals surface area contributed by atoms with E-state index in [-0.39, 0.29) is 0 Å². The number of rotatable bonds is 5. The molecule has 0 amide bonds. The molecule has 0 spiro atoms. The van der Waals surface area contributed by atoms with E-state index < -0.39 is 0 Å². The molecule has 2 rings (SSSR count). The van der Waals surface area contributed by atoms with Gasteiger partial charge in [-0.05, 0) is 55.5 Å².